The van der Waals surface area contributed by atoms with Crippen LogP contribution in [0.1, 0.15) is 25.7 Å². The van der Waals surface area contributed by atoms with Gasteiger partial charge in [0.25, 0.3) is 0 Å². The average molecular weight is 265 g/mol. The first-order chi connectivity index (χ1) is 9.24. The van der Waals surface area contributed by atoms with Gasteiger partial charge in [0.15, 0.2) is 0 Å². The van der Waals surface area contributed by atoms with E-state index in [0.29, 0.717) is 17.8 Å². The van der Waals surface area contributed by atoms with Crippen molar-refractivity contribution in [2.45, 2.75) is 37.8 Å². The van der Waals surface area contributed by atoms with Crippen LogP contribution in [0.5, 0.6) is 0 Å². The highest BCUT2D eigenvalue weighted by molar-refractivity contribution is 5.44. The predicted molar refractivity (Wildman–Crippen MR) is 71.7 cm³/mol. The molecule has 5 N–H and O–H groups in total. The summed E-state index contributed by atoms with van der Waals surface area (Å²) in [4.78, 5) is 15.0. The second-order valence-corrected chi connectivity index (χ2v) is 5.09. The molecule has 0 aromatic carbocycles. The van der Waals surface area contributed by atoms with E-state index in [-0.39, 0.29) is 12.1 Å². The summed E-state index contributed by atoms with van der Waals surface area (Å²) in [6, 6.07) is 0.231. The van der Waals surface area contributed by atoms with Crippen LogP contribution < -0.4 is 21.5 Å². The zero-order valence-corrected chi connectivity index (χ0v) is 10.7. The van der Waals surface area contributed by atoms with E-state index in [1.807, 2.05) is 0 Å². The van der Waals surface area contributed by atoms with Crippen LogP contribution in [0.25, 0.3) is 0 Å². The van der Waals surface area contributed by atoms with E-state index in [2.05, 4.69) is 30.6 Å². The largest absolute Gasteiger partial charge is 0.393 e. The number of rotatable bonds is 4. The molecule has 2 fully saturated rings. The fourth-order valence-corrected chi connectivity index (χ4v) is 2.44. The Morgan fingerprint density at radius 2 is 1.79 bits per heavy atom. The quantitative estimate of drug-likeness (QED) is 0.433. The molecular weight excluding hydrogens is 246 g/mol. The average Bonchev–Trinajstić information content (AvgIpc) is 2.90. The second-order valence-electron chi connectivity index (χ2n) is 5.09. The Kier molecular flexibility index (Phi) is 3.34. The molecule has 0 spiro atoms. The van der Waals surface area contributed by atoms with E-state index < -0.39 is 0 Å². The molecule has 1 aromatic rings. The van der Waals surface area contributed by atoms with Crippen molar-refractivity contribution in [1.29, 1.82) is 0 Å². The van der Waals surface area contributed by atoms with Gasteiger partial charge in [0.2, 0.25) is 17.8 Å². The maximum Gasteiger partial charge on any atom is 0.243 e. The second kappa shape index (κ2) is 5.14. The molecule has 8 heteroatoms. The summed E-state index contributed by atoms with van der Waals surface area (Å²) in [6.07, 6.45) is 3.58. The van der Waals surface area contributed by atoms with Crippen LogP contribution in [0.3, 0.4) is 0 Å². The van der Waals surface area contributed by atoms with Crippen molar-refractivity contribution in [2.75, 3.05) is 28.7 Å². The molecule has 1 saturated carbocycles. The molecule has 0 unspecified atom stereocenters. The van der Waals surface area contributed by atoms with Crippen molar-refractivity contribution in [2.24, 2.45) is 5.84 Å². The molecule has 19 heavy (non-hydrogen) atoms. The molecule has 1 aliphatic heterocycles. The number of hydrogen-bond acceptors (Lipinski definition) is 8. The van der Waals surface area contributed by atoms with Gasteiger partial charge in [-0.2, -0.15) is 15.0 Å². The Hall–Kier alpha value is -1.67. The van der Waals surface area contributed by atoms with Gasteiger partial charge in [-0.3, -0.25) is 5.43 Å². The predicted octanol–water partition coefficient (Wildman–Crippen LogP) is -0.307. The maximum atomic E-state index is 9.29. The number of nitrogens with zero attached hydrogens (tertiary/aromatic N) is 4. The Morgan fingerprint density at radius 3 is 2.42 bits per heavy atom. The van der Waals surface area contributed by atoms with Gasteiger partial charge in [-0.05, 0) is 25.7 Å². The summed E-state index contributed by atoms with van der Waals surface area (Å²) in [5.41, 5.74) is 2.47. The van der Waals surface area contributed by atoms with Crippen molar-refractivity contribution in [1.82, 2.24) is 15.0 Å². The third kappa shape index (κ3) is 2.69. The third-order valence-electron chi connectivity index (χ3n) is 3.59. The summed E-state index contributed by atoms with van der Waals surface area (Å²) in [5, 5.41) is 12.5. The number of anilines is 3. The van der Waals surface area contributed by atoms with Crippen molar-refractivity contribution in [3.63, 3.8) is 0 Å². The van der Waals surface area contributed by atoms with Gasteiger partial charge in [0.1, 0.15) is 0 Å². The lowest BCUT2D eigenvalue weighted by molar-refractivity contribution is 0.0834. The molecule has 8 nitrogen and oxygen atoms in total. The lowest BCUT2D eigenvalue weighted by Gasteiger charge is -2.32. The minimum atomic E-state index is -0.204. The molecule has 1 saturated heterocycles. The first-order valence-electron chi connectivity index (χ1n) is 6.67. The number of hydrazine groups is 1. The number of aromatic nitrogens is 3. The van der Waals surface area contributed by atoms with Crippen LogP contribution in [-0.2, 0) is 0 Å². The van der Waals surface area contributed by atoms with E-state index in [1.165, 1.54) is 0 Å². The molecule has 0 radical (unpaired) electrons. The van der Waals surface area contributed by atoms with Gasteiger partial charge in [0, 0.05) is 19.1 Å². The minimum Gasteiger partial charge on any atom is -0.393 e. The van der Waals surface area contributed by atoms with Gasteiger partial charge in [-0.15, -0.1) is 0 Å². The lowest BCUT2D eigenvalue weighted by Crippen LogP contribution is -2.39. The number of hydrogen-bond donors (Lipinski definition) is 4. The van der Waals surface area contributed by atoms with Gasteiger partial charge in [-0.25, -0.2) is 5.84 Å². The number of nitrogen functional groups attached to an aromatic ring is 1. The molecule has 0 amide bonds. The normalized spacial score (nSPS) is 26.1. The minimum absolute atomic E-state index is 0.204. The van der Waals surface area contributed by atoms with Crippen LogP contribution in [0, 0.1) is 0 Å². The molecule has 104 valence electrons. The Morgan fingerprint density at radius 1 is 1.11 bits per heavy atom. The highest BCUT2D eigenvalue weighted by Gasteiger charge is 2.28. The van der Waals surface area contributed by atoms with Crippen molar-refractivity contribution >= 4 is 17.8 Å². The number of aliphatic hydroxyl groups is 1. The van der Waals surface area contributed by atoms with E-state index in [4.69, 9.17) is 5.84 Å². The Bertz CT molecular complexity index is 443. The van der Waals surface area contributed by atoms with Crippen LogP contribution in [0.15, 0.2) is 0 Å². The zero-order chi connectivity index (χ0) is 13.2. The van der Waals surface area contributed by atoms with Gasteiger partial charge >= 0.3 is 0 Å². The van der Waals surface area contributed by atoms with E-state index in [9.17, 15) is 5.11 Å². The maximum absolute atomic E-state index is 9.29. The topological polar surface area (TPSA) is 112 Å². The van der Waals surface area contributed by atoms with Gasteiger partial charge in [-0.1, -0.05) is 0 Å². The molecule has 2 aliphatic rings. The van der Waals surface area contributed by atoms with Gasteiger partial charge < -0.3 is 15.3 Å². The van der Waals surface area contributed by atoms with E-state index in [1.54, 1.807) is 0 Å². The standard InChI is InChI=1S/C11H19N7O/c12-17-10-14-9(13-7-5-8(19)6-7)15-11(16-10)18-3-1-2-4-18/h7-8,19H,1-6,12H2,(H2,13,14,15,16,17). The van der Waals surface area contributed by atoms with Crippen molar-refractivity contribution < 1.29 is 5.11 Å². The zero-order valence-electron chi connectivity index (χ0n) is 10.7. The first kappa shape index (κ1) is 12.4. The van der Waals surface area contributed by atoms with Crippen LogP contribution >= 0.6 is 0 Å². The molecule has 0 bridgehead atoms. The van der Waals surface area contributed by atoms with Crippen LogP contribution in [-0.4, -0.2) is 45.3 Å². The van der Waals surface area contributed by atoms with E-state index in [0.717, 1.165) is 38.8 Å². The number of nitrogens with one attached hydrogen (secondary N) is 2. The van der Waals surface area contributed by atoms with Crippen LogP contribution in [0.4, 0.5) is 17.8 Å². The summed E-state index contributed by atoms with van der Waals surface area (Å²) in [6.45, 7) is 1.94. The fraction of sp³-hybridized carbons (Fsp3) is 0.727. The number of aliphatic hydroxyl groups excluding tert-OH is 1. The summed E-state index contributed by atoms with van der Waals surface area (Å²) < 4.78 is 0. The number of nitrogens with two attached hydrogens (primary N) is 1. The Labute approximate surface area is 111 Å². The summed E-state index contributed by atoms with van der Waals surface area (Å²) in [5.74, 6) is 6.93. The molecular formula is C11H19N7O. The summed E-state index contributed by atoms with van der Waals surface area (Å²) in [7, 11) is 0. The van der Waals surface area contributed by atoms with Gasteiger partial charge in [0.05, 0.1) is 6.10 Å². The smallest absolute Gasteiger partial charge is 0.243 e. The molecule has 3 rings (SSSR count). The third-order valence-corrected chi connectivity index (χ3v) is 3.59. The summed E-state index contributed by atoms with van der Waals surface area (Å²) >= 11 is 0. The lowest BCUT2D eigenvalue weighted by atomic mass is 9.90. The van der Waals surface area contributed by atoms with Crippen molar-refractivity contribution in [3.05, 3.63) is 0 Å². The monoisotopic (exact) mass is 265 g/mol. The van der Waals surface area contributed by atoms with Crippen molar-refractivity contribution in [3.8, 4) is 0 Å². The SMILES string of the molecule is NNc1nc(NC2CC(O)C2)nc(N2CCCC2)n1. The molecule has 0 atom stereocenters. The van der Waals surface area contributed by atoms with E-state index >= 15 is 0 Å². The van der Waals surface area contributed by atoms with Crippen LogP contribution in [0.2, 0.25) is 0 Å². The Balaban J connectivity index is 1.76. The molecule has 1 aromatic heterocycles. The molecule has 2 heterocycles. The highest BCUT2D eigenvalue weighted by Crippen LogP contribution is 2.24. The fourth-order valence-electron chi connectivity index (χ4n) is 2.44. The molecule has 1 aliphatic carbocycles. The first-order valence-corrected chi connectivity index (χ1v) is 6.67. The highest BCUT2D eigenvalue weighted by atomic mass is 16.3.